The monoisotopic (exact) mass is 570 g/mol. The van der Waals surface area contributed by atoms with E-state index in [1.54, 1.807) is 29.1 Å². The van der Waals surface area contributed by atoms with Crippen molar-refractivity contribution in [2.45, 2.75) is 51.6 Å². The molecule has 41 heavy (non-hydrogen) atoms. The van der Waals surface area contributed by atoms with Gasteiger partial charge in [-0.3, -0.25) is 9.59 Å². The zero-order valence-electron chi connectivity index (χ0n) is 23.3. The lowest BCUT2D eigenvalue weighted by molar-refractivity contribution is 0.103. The molecule has 4 heterocycles. The molecule has 0 radical (unpaired) electrons. The van der Waals surface area contributed by atoms with Crippen molar-refractivity contribution in [1.82, 2.24) is 14.8 Å². The average molecular weight is 571 g/mol. The Morgan fingerprint density at radius 3 is 2.61 bits per heavy atom. The van der Waals surface area contributed by atoms with Gasteiger partial charge in [0.05, 0.1) is 11.0 Å². The van der Waals surface area contributed by atoms with E-state index in [4.69, 9.17) is 0 Å². The maximum absolute atomic E-state index is 13.1. The predicted octanol–water partition coefficient (Wildman–Crippen LogP) is 5.05. The van der Waals surface area contributed by atoms with Crippen LogP contribution in [-0.2, 0) is 19.9 Å². The number of aliphatic hydroxyl groups excluding tert-OH is 1. The van der Waals surface area contributed by atoms with E-state index in [1.807, 2.05) is 49.4 Å². The van der Waals surface area contributed by atoms with E-state index in [1.165, 1.54) is 23.3 Å². The second-order valence-corrected chi connectivity index (χ2v) is 12.0. The largest absolute Gasteiger partial charge is 0.393 e. The summed E-state index contributed by atoms with van der Waals surface area (Å²) >= 11 is 1.60. The number of hydrogen-bond donors (Lipinski definition) is 3. The third kappa shape index (κ3) is 5.75. The van der Waals surface area contributed by atoms with E-state index < -0.39 is 0 Å². The number of aliphatic hydroxyl groups is 1. The normalized spacial score (nSPS) is 15.4. The zero-order valence-corrected chi connectivity index (χ0v) is 24.1. The predicted molar refractivity (Wildman–Crippen MR) is 164 cm³/mol. The number of amides is 1. The molecule has 0 bridgehead atoms. The molecule has 6 rings (SSSR count). The first-order valence-corrected chi connectivity index (χ1v) is 14.9. The second-order valence-electron chi connectivity index (χ2n) is 10.9. The van der Waals surface area contributed by atoms with Gasteiger partial charge in [-0.1, -0.05) is 12.1 Å². The second kappa shape index (κ2) is 11.5. The summed E-state index contributed by atoms with van der Waals surface area (Å²) in [6.45, 7) is 3.45. The highest BCUT2D eigenvalue weighted by molar-refractivity contribution is 7.14. The number of aryl methyl sites for hydroxylation is 3. The van der Waals surface area contributed by atoms with Crippen molar-refractivity contribution in [1.29, 1.82) is 0 Å². The lowest BCUT2D eigenvalue weighted by atomic mass is 9.99. The summed E-state index contributed by atoms with van der Waals surface area (Å²) < 4.78 is 1.54. The quantitative estimate of drug-likeness (QED) is 0.297. The molecule has 1 aromatic carbocycles. The van der Waals surface area contributed by atoms with E-state index in [9.17, 15) is 14.7 Å². The van der Waals surface area contributed by atoms with Crippen LogP contribution >= 0.6 is 11.3 Å². The summed E-state index contributed by atoms with van der Waals surface area (Å²) in [5, 5.41) is 24.6. The SMILES string of the molecule is Cc1c(NC(=O)c2cc3c(s2)CCCC3)cccc1-c1cc(Nc2ccc(N3CCC(O)CC3)nn2)c(=O)n(C)c1. The Morgan fingerprint density at radius 2 is 1.85 bits per heavy atom. The van der Waals surface area contributed by atoms with Gasteiger partial charge in [-0.25, -0.2) is 0 Å². The van der Waals surface area contributed by atoms with Gasteiger partial charge in [0.25, 0.3) is 11.5 Å². The maximum Gasteiger partial charge on any atom is 0.274 e. The van der Waals surface area contributed by atoms with Gasteiger partial charge < -0.3 is 25.2 Å². The first-order chi connectivity index (χ1) is 19.9. The first-order valence-electron chi connectivity index (χ1n) is 14.1. The molecule has 0 saturated carbocycles. The van der Waals surface area contributed by atoms with Crippen LogP contribution in [0, 0.1) is 6.92 Å². The molecule has 3 N–H and O–H groups in total. The standard InChI is InChI=1S/C31H34N6O3S/c1-19-23(7-5-8-24(19)33-30(39)27-17-20-6-3-4-9-26(20)41-27)21-16-25(31(40)36(2)18-21)32-28-10-11-29(35-34-28)37-14-12-22(38)13-15-37/h5,7-8,10-11,16-18,22,38H,3-4,6,9,12-15H2,1-2H3,(H,32,34)(H,33,39). The number of hydrogen-bond acceptors (Lipinski definition) is 8. The molecule has 0 unspecified atom stereocenters. The molecular formula is C31H34N6O3S. The number of aromatic nitrogens is 3. The van der Waals surface area contributed by atoms with Gasteiger partial charge in [0, 0.05) is 42.5 Å². The lowest BCUT2D eigenvalue weighted by Gasteiger charge is -2.30. The molecule has 2 aliphatic rings. The van der Waals surface area contributed by atoms with Crippen molar-refractivity contribution in [3.05, 3.63) is 79.9 Å². The van der Waals surface area contributed by atoms with Crippen LogP contribution in [0.25, 0.3) is 11.1 Å². The van der Waals surface area contributed by atoms with Gasteiger partial charge in [0.1, 0.15) is 5.69 Å². The first kappa shape index (κ1) is 27.2. The molecule has 1 fully saturated rings. The molecule has 1 aliphatic carbocycles. The van der Waals surface area contributed by atoms with Gasteiger partial charge in [0.15, 0.2) is 11.6 Å². The summed E-state index contributed by atoms with van der Waals surface area (Å²) in [5.74, 6) is 1.13. The highest BCUT2D eigenvalue weighted by Crippen LogP contribution is 2.33. The van der Waals surface area contributed by atoms with Crippen molar-refractivity contribution in [2.24, 2.45) is 7.05 Å². The van der Waals surface area contributed by atoms with E-state index in [-0.39, 0.29) is 17.6 Å². The highest BCUT2D eigenvalue weighted by atomic mass is 32.1. The van der Waals surface area contributed by atoms with E-state index in [0.29, 0.717) is 24.3 Å². The summed E-state index contributed by atoms with van der Waals surface area (Å²) in [5.41, 5.74) is 4.93. The highest BCUT2D eigenvalue weighted by Gasteiger charge is 2.20. The number of carbonyl (C=O) groups excluding carboxylic acids is 1. The molecule has 1 aliphatic heterocycles. The van der Waals surface area contributed by atoms with Gasteiger partial charge >= 0.3 is 0 Å². The molecule has 10 heteroatoms. The Bertz CT molecular complexity index is 1610. The van der Waals surface area contributed by atoms with Crippen LogP contribution in [0.2, 0.25) is 0 Å². The Hall–Kier alpha value is -4.02. The number of nitrogens with zero attached hydrogens (tertiary/aromatic N) is 4. The number of nitrogens with one attached hydrogen (secondary N) is 2. The van der Waals surface area contributed by atoms with Crippen LogP contribution in [0.3, 0.4) is 0 Å². The Balaban J connectivity index is 1.22. The van der Waals surface area contributed by atoms with Crippen molar-refractivity contribution >= 4 is 40.3 Å². The minimum Gasteiger partial charge on any atom is -0.393 e. The Morgan fingerprint density at radius 1 is 1.05 bits per heavy atom. The van der Waals surface area contributed by atoms with Crippen LogP contribution in [0.5, 0.6) is 0 Å². The average Bonchev–Trinajstić information content (AvgIpc) is 3.42. The number of rotatable bonds is 6. The summed E-state index contributed by atoms with van der Waals surface area (Å²) in [7, 11) is 1.72. The lowest BCUT2D eigenvalue weighted by Crippen LogP contribution is -2.36. The topological polar surface area (TPSA) is 112 Å². The zero-order chi connectivity index (χ0) is 28.5. The van der Waals surface area contributed by atoms with Gasteiger partial charge in [-0.2, -0.15) is 0 Å². The summed E-state index contributed by atoms with van der Waals surface area (Å²) in [6, 6.07) is 13.4. The smallest absolute Gasteiger partial charge is 0.274 e. The fourth-order valence-electron chi connectivity index (χ4n) is 5.61. The number of anilines is 4. The number of thiophene rings is 1. The number of piperidine rings is 1. The maximum atomic E-state index is 13.1. The van der Waals surface area contributed by atoms with Crippen LogP contribution in [0.4, 0.5) is 23.0 Å². The third-order valence-corrected chi connectivity index (χ3v) is 9.23. The molecule has 1 amide bonds. The number of benzene rings is 1. The van der Waals surface area contributed by atoms with Crippen molar-refractivity contribution in [2.75, 3.05) is 28.6 Å². The van der Waals surface area contributed by atoms with E-state index in [2.05, 4.69) is 25.7 Å². The molecule has 0 atom stereocenters. The number of pyridine rings is 1. The van der Waals surface area contributed by atoms with Crippen molar-refractivity contribution < 1.29 is 9.90 Å². The van der Waals surface area contributed by atoms with Crippen LogP contribution in [0.1, 0.15) is 51.4 Å². The summed E-state index contributed by atoms with van der Waals surface area (Å²) in [6.07, 6.45) is 7.46. The Kier molecular flexibility index (Phi) is 7.59. The Labute approximate surface area is 242 Å². The molecule has 212 valence electrons. The van der Waals surface area contributed by atoms with Gasteiger partial charge in [-0.05, 0) is 92.5 Å². The molecule has 0 spiro atoms. The van der Waals surface area contributed by atoms with Gasteiger partial charge in [-0.15, -0.1) is 21.5 Å². The molecular weight excluding hydrogens is 536 g/mol. The number of fused-ring (bicyclic) bond motifs is 1. The van der Waals surface area contributed by atoms with Gasteiger partial charge in [0.2, 0.25) is 0 Å². The van der Waals surface area contributed by atoms with Crippen molar-refractivity contribution in [3.63, 3.8) is 0 Å². The van der Waals surface area contributed by atoms with Crippen molar-refractivity contribution in [3.8, 4) is 11.1 Å². The summed E-state index contributed by atoms with van der Waals surface area (Å²) in [4.78, 5) is 30.3. The van der Waals surface area contributed by atoms with Crippen LogP contribution < -0.4 is 21.1 Å². The fraction of sp³-hybridized carbons (Fsp3) is 0.355. The third-order valence-electron chi connectivity index (χ3n) is 8.00. The minimum atomic E-state index is -0.254. The minimum absolute atomic E-state index is 0.0878. The number of carbonyl (C=O) groups is 1. The van der Waals surface area contributed by atoms with Crippen LogP contribution in [-0.4, -0.2) is 45.0 Å². The van der Waals surface area contributed by atoms with E-state index >= 15 is 0 Å². The molecule has 1 saturated heterocycles. The van der Waals surface area contributed by atoms with E-state index in [0.717, 1.165) is 59.0 Å². The molecule has 4 aromatic rings. The molecule has 3 aromatic heterocycles. The molecule has 9 nitrogen and oxygen atoms in total. The fourth-order valence-corrected chi connectivity index (χ4v) is 6.76. The van der Waals surface area contributed by atoms with Crippen LogP contribution in [0.15, 0.2) is 53.5 Å².